The summed E-state index contributed by atoms with van der Waals surface area (Å²) < 4.78 is 10.8. The van der Waals surface area contributed by atoms with Gasteiger partial charge in [-0.3, -0.25) is 5.32 Å². The summed E-state index contributed by atoms with van der Waals surface area (Å²) in [5.41, 5.74) is 0. The van der Waals surface area contributed by atoms with E-state index < -0.39 is 0 Å². The normalized spacial score (nSPS) is 17.7. The van der Waals surface area contributed by atoms with Crippen LogP contribution in [0.15, 0.2) is 15.1 Å². The quantitative estimate of drug-likeness (QED) is 0.904. The van der Waals surface area contributed by atoms with Crippen molar-refractivity contribution in [1.29, 1.82) is 0 Å². The topological polar surface area (TPSA) is 77.0 Å². The van der Waals surface area contributed by atoms with Crippen molar-refractivity contribution in [3.05, 3.63) is 29.6 Å². The van der Waals surface area contributed by atoms with E-state index in [0.717, 1.165) is 11.6 Å². The summed E-state index contributed by atoms with van der Waals surface area (Å²) in [6, 6.07) is -0.00939. The fraction of sp³-hybridized carbons (Fsp3) is 0.643. The Bertz CT molecular complexity index is 557. The Morgan fingerprint density at radius 1 is 1.40 bits per heavy atom. The summed E-state index contributed by atoms with van der Waals surface area (Å²) >= 11 is 0. The van der Waals surface area contributed by atoms with E-state index in [1.807, 2.05) is 13.8 Å². The molecule has 1 aliphatic rings. The first kappa shape index (κ1) is 13.3. The molecular weight excluding hydrogens is 256 g/mol. The molecule has 1 aliphatic carbocycles. The van der Waals surface area contributed by atoms with Crippen molar-refractivity contribution in [2.75, 3.05) is 0 Å². The van der Waals surface area contributed by atoms with Gasteiger partial charge in [-0.05, 0) is 26.7 Å². The Kier molecular flexibility index (Phi) is 3.82. The first-order valence-electron chi connectivity index (χ1n) is 7.20. The van der Waals surface area contributed by atoms with Gasteiger partial charge in [-0.15, -0.1) is 0 Å². The summed E-state index contributed by atoms with van der Waals surface area (Å²) in [6.45, 7) is 4.43. The van der Waals surface area contributed by atoms with Crippen LogP contribution in [0.2, 0.25) is 0 Å². The molecule has 0 saturated heterocycles. The van der Waals surface area contributed by atoms with Gasteiger partial charge in [-0.2, -0.15) is 4.98 Å². The SMILES string of the molecule is Cc1cnc(CNC(C)c2nc(C3CCCC3)no2)o1. The first-order chi connectivity index (χ1) is 9.72. The average molecular weight is 276 g/mol. The predicted octanol–water partition coefficient (Wildman–Crippen LogP) is 2.87. The smallest absolute Gasteiger partial charge is 0.243 e. The van der Waals surface area contributed by atoms with Gasteiger partial charge < -0.3 is 8.94 Å². The van der Waals surface area contributed by atoms with Crippen molar-refractivity contribution in [2.45, 2.75) is 58.0 Å². The molecular formula is C14H20N4O2. The molecule has 108 valence electrons. The van der Waals surface area contributed by atoms with Crippen molar-refractivity contribution in [3.8, 4) is 0 Å². The van der Waals surface area contributed by atoms with Gasteiger partial charge in [0.1, 0.15) is 5.76 Å². The summed E-state index contributed by atoms with van der Waals surface area (Å²) in [7, 11) is 0. The van der Waals surface area contributed by atoms with Crippen molar-refractivity contribution in [3.63, 3.8) is 0 Å². The third kappa shape index (κ3) is 2.90. The van der Waals surface area contributed by atoms with Gasteiger partial charge in [0.2, 0.25) is 11.8 Å². The molecule has 0 radical (unpaired) electrons. The highest BCUT2D eigenvalue weighted by Crippen LogP contribution is 2.32. The lowest BCUT2D eigenvalue weighted by atomic mass is 10.1. The van der Waals surface area contributed by atoms with Gasteiger partial charge in [0.25, 0.3) is 0 Å². The van der Waals surface area contributed by atoms with E-state index in [9.17, 15) is 0 Å². The molecule has 6 nitrogen and oxygen atoms in total. The Balaban J connectivity index is 1.57. The molecule has 0 amide bonds. The highest BCUT2D eigenvalue weighted by Gasteiger charge is 2.23. The number of nitrogens with zero attached hydrogens (tertiary/aromatic N) is 3. The molecule has 1 atom stereocenters. The van der Waals surface area contributed by atoms with Crippen LogP contribution >= 0.6 is 0 Å². The monoisotopic (exact) mass is 276 g/mol. The van der Waals surface area contributed by atoms with Crippen molar-refractivity contribution in [1.82, 2.24) is 20.4 Å². The molecule has 0 bridgehead atoms. The van der Waals surface area contributed by atoms with Gasteiger partial charge >= 0.3 is 0 Å². The number of aromatic nitrogens is 3. The van der Waals surface area contributed by atoms with E-state index >= 15 is 0 Å². The lowest BCUT2D eigenvalue weighted by Gasteiger charge is -2.07. The molecule has 6 heteroatoms. The molecule has 1 N–H and O–H groups in total. The Morgan fingerprint density at radius 3 is 2.90 bits per heavy atom. The van der Waals surface area contributed by atoms with E-state index in [1.54, 1.807) is 6.20 Å². The van der Waals surface area contributed by atoms with E-state index in [4.69, 9.17) is 8.94 Å². The fourth-order valence-electron chi connectivity index (χ4n) is 2.58. The van der Waals surface area contributed by atoms with Crippen LogP contribution < -0.4 is 5.32 Å². The number of hydrogen-bond acceptors (Lipinski definition) is 6. The average Bonchev–Trinajstić information content (AvgIpc) is 3.16. The van der Waals surface area contributed by atoms with Gasteiger partial charge in [0.05, 0.1) is 18.8 Å². The van der Waals surface area contributed by atoms with Gasteiger partial charge in [0.15, 0.2) is 5.82 Å². The highest BCUT2D eigenvalue weighted by atomic mass is 16.5. The molecule has 2 heterocycles. The van der Waals surface area contributed by atoms with Crippen LogP contribution in [-0.4, -0.2) is 15.1 Å². The van der Waals surface area contributed by atoms with Crippen LogP contribution in [0.5, 0.6) is 0 Å². The van der Waals surface area contributed by atoms with Crippen molar-refractivity contribution >= 4 is 0 Å². The molecule has 1 saturated carbocycles. The predicted molar refractivity (Wildman–Crippen MR) is 72.0 cm³/mol. The largest absolute Gasteiger partial charge is 0.445 e. The maximum atomic E-state index is 5.42. The van der Waals surface area contributed by atoms with Crippen LogP contribution in [0.25, 0.3) is 0 Å². The van der Waals surface area contributed by atoms with Crippen molar-refractivity contribution < 1.29 is 8.94 Å². The molecule has 20 heavy (non-hydrogen) atoms. The Labute approximate surface area is 118 Å². The van der Waals surface area contributed by atoms with Gasteiger partial charge in [0, 0.05) is 5.92 Å². The number of rotatable bonds is 5. The van der Waals surface area contributed by atoms with Crippen LogP contribution in [-0.2, 0) is 6.54 Å². The molecule has 1 fully saturated rings. The minimum Gasteiger partial charge on any atom is -0.445 e. The molecule has 2 aromatic rings. The first-order valence-corrected chi connectivity index (χ1v) is 7.20. The number of aryl methyl sites for hydroxylation is 1. The third-order valence-electron chi connectivity index (χ3n) is 3.78. The lowest BCUT2D eigenvalue weighted by molar-refractivity contribution is 0.327. The van der Waals surface area contributed by atoms with Crippen LogP contribution in [0.1, 0.15) is 67.9 Å². The Morgan fingerprint density at radius 2 is 2.20 bits per heavy atom. The molecule has 0 spiro atoms. The minimum absolute atomic E-state index is 0.00939. The van der Waals surface area contributed by atoms with E-state index in [-0.39, 0.29) is 6.04 Å². The van der Waals surface area contributed by atoms with E-state index in [1.165, 1.54) is 25.7 Å². The summed E-state index contributed by atoms with van der Waals surface area (Å²) in [6.07, 6.45) is 6.61. The van der Waals surface area contributed by atoms with E-state index in [0.29, 0.717) is 24.2 Å². The van der Waals surface area contributed by atoms with Crippen LogP contribution in [0, 0.1) is 6.92 Å². The van der Waals surface area contributed by atoms with Crippen LogP contribution in [0.4, 0.5) is 0 Å². The van der Waals surface area contributed by atoms with Crippen molar-refractivity contribution in [2.24, 2.45) is 0 Å². The molecule has 1 unspecified atom stereocenters. The maximum Gasteiger partial charge on any atom is 0.243 e. The second-order valence-electron chi connectivity index (χ2n) is 5.44. The maximum absolute atomic E-state index is 5.42. The highest BCUT2D eigenvalue weighted by molar-refractivity contribution is 5.00. The minimum atomic E-state index is -0.00939. The van der Waals surface area contributed by atoms with Crippen LogP contribution in [0.3, 0.4) is 0 Å². The van der Waals surface area contributed by atoms with Gasteiger partial charge in [-0.25, -0.2) is 4.98 Å². The second kappa shape index (κ2) is 5.75. The second-order valence-corrected chi connectivity index (χ2v) is 5.44. The standard InChI is InChI=1S/C14H20N4O2/c1-9-7-16-12(19-9)8-15-10(2)14-17-13(18-20-14)11-5-3-4-6-11/h7,10-11,15H,3-6,8H2,1-2H3. The molecule has 0 aromatic carbocycles. The number of hydrogen-bond donors (Lipinski definition) is 1. The summed E-state index contributed by atoms with van der Waals surface area (Å²) in [5, 5.41) is 7.39. The molecule has 3 rings (SSSR count). The molecule has 2 aromatic heterocycles. The summed E-state index contributed by atoms with van der Waals surface area (Å²) in [4.78, 5) is 8.67. The zero-order valence-corrected chi connectivity index (χ0v) is 11.9. The number of nitrogens with one attached hydrogen (secondary N) is 1. The van der Waals surface area contributed by atoms with Gasteiger partial charge in [-0.1, -0.05) is 18.0 Å². The number of oxazole rings is 1. The lowest BCUT2D eigenvalue weighted by Crippen LogP contribution is -2.18. The zero-order chi connectivity index (χ0) is 13.9. The zero-order valence-electron chi connectivity index (χ0n) is 11.9. The third-order valence-corrected chi connectivity index (χ3v) is 3.78. The Hall–Kier alpha value is -1.69. The fourth-order valence-corrected chi connectivity index (χ4v) is 2.58. The summed E-state index contributed by atoms with van der Waals surface area (Å²) in [5.74, 6) is 3.46. The molecule has 0 aliphatic heterocycles. The van der Waals surface area contributed by atoms with E-state index in [2.05, 4.69) is 20.4 Å².